The Morgan fingerprint density at radius 1 is 0.938 bits per heavy atom. The Morgan fingerprint density at radius 2 is 1.75 bits per heavy atom. The number of rotatable bonds is 4. The number of ether oxygens (including phenoxy) is 2. The van der Waals surface area contributed by atoms with Crippen LogP contribution in [0.2, 0.25) is 0 Å². The molecule has 0 aliphatic rings. The van der Waals surface area contributed by atoms with Gasteiger partial charge in [0.15, 0.2) is 13.6 Å². The molecule has 2 aromatic carbocycles. The summed E-state index contributed by atoms with van der Waals surface area (Å²) < 4.78 is 10.1. The van der Waals surface area contributed by atoms with Crippen molar-refractivity contribution < 1.29 is 19.7 Å². The minimum absolute atomic E-state index is 0.367. The maximum absolute atomic E-state index is 8.76. The molecule has 0 spiro atoms. The highest BCUT2D eigenvalue weighted by atomic mass is 16.6. The lowest BCUT2D eigenvalue weighted by atomic mass is 10.1. The predicted molar refractivity (Wildman–Crippen MR) is 59.4 cm³/mol. The van der Waals surface area contributed by atoms with E-state index < -0.39 is 0 Å². The first-order valence-corrected chi connectivity index (χ1v) is 4.85. The molecule has 4 nitrogen and oxygen atoms in total. The average Bonchev–Trinajstić information content (AvgIpc) is 2.31. The van der Waals surface area contributed by atoms with Crippen LogP contribution in [0.4, 0.5) is 0 Å². The Kier molecular flexibility index (Phi) is 3.24. The van der Waals surface area contributed by atoms with Crippen LogP contribution in [-0.2, 0) is 0 Å². The number of aliphatic hydroxyl groups excluding tert-OH is 2. The molecule has 16 heavy (non-hydrogen) atoms. The summed E-state index contributed by atoms with van der Waals surface area (Å²) in [6.45, 7) is -0.737. The molecule has 0 unspecified atom stereocenters. The van der Waals surface area contributed by atoms with Crippen molar-refractivity contribution in [3.63, 3.8) is 0 Å². The zero-order chi connectivity index (χ0) is 11.4. The highest BCUT2D eigenvalue weighted by Crippen LogP contribution is 2.29. The van der Waals surface area contributed by atoms with Crippen LogP contribution in [0.1, 0.15) is 0 Å². The van der Waals surface area contributed by atoms with Gasteiger partial charge in [-0.15, -0.1) is 0 Å². The van der Waals surface area contributed by atoms with Crippen LogP contribution in [0, 0.1) is 0 Å². The normalized spacial score (nSPS) is 10.4. The van der Waals surface area contributed by atoms with Crippen LogP contribution in [0.15, 0.2) is 36.4 Å². The van der Waals surface area contributed by atoms with E-state index in [9.17, 15) is 0 Å². The van der Waals surface area contributed by atoms with Crippen molar-refractivity contribution in [3.05, 3.63) is 36.4 Å². The Hall–Kier alpha value is -1.78. The Labute approximate surface area is 92.7 Å². The molecule has 0 radical (unpaired) electrons. The number of fused-ring (bicyclic) bond motifs is 1. The zero-order valence-corrected chi connectivity index (χ0v) is 8.59. The molecular formula is C12H12O4. The van der Waals surface area contributed by atoms with E-state index in [1.54, 1.807) is 18.2 Å². The van der Waals surface area contributed by atoms with E-state index in [1.165, 1.54) is 0 Å². The molecule has 84 valence electrons. The quantitative estimate of drug-likeness (QED) is 0.766. The lowest BCUT2D eigenvalue weighted by molar-refractivity contribution is 0.0974. The smallest absolute Gasteiger partial charge is 0.186 e. The molecule has 0 amide bonds. The number of benzene rings is 2. The van der Waals surface area contributed by atoms with E-state index in [2.05, 4.69) is 0 Å². The van der Waals surface area contributed by atoms with E-state index in [0.717, 1.165) is 10.8 Å². The van der Waals surface area contributed by atoms with E-state index in [-0.39, 0.29) is 13.6 Å². The van der Waals surface area contributed by atoms with Crippen molar-refractivity contribution >= 4 is 10.8 Å². The third-order valence-electron chi connectivity index (χ3n) is 2.26. The first-order valence-electron chi connectivity index (χ1n) is 4.85. The van der Waals surface area contributed by atoms with Crippen LogP contribution < -0.4 is 9.47 Å². The molecule has 0 saturated carbocycles. The van der Waals surface area contributed by atoms with Gasteiger partial charge in [-0.25, -0.2) is 0 Å². The van der Waals surface area contributed by atoms with Gasteiger partial charge in [-0.05, 0) is 23.6 Å². The topological polar surface area (TPSA) is 58.9 Å². The molecule has 0 bridgehead atoms. The van der Waals surface area contributed by atoms with Gasteiger partial charge in [0.1, 0.15) is 11.5 Å². The second kappa shape index (κ2) is 4.83. The number of hydrogen-bond donors (Lipinski definition) is 2. The standard InChI is InChI=1S/C12H12O4/c13-7-15-10-5-4-9-2-1-3-12(16-8-14)11(9)6-10/h1-6,13-14H,7-8H2. The molecule has 4 heteroatoms. The predicted octanol–water partition coefficient (Wildman–Crippen LogP) is 1.50. The van der Waals surface area contributed by atoms with Gasteiger partial charge in [0.05, 0.1) is 0 Å². The van der Waals surface area contributed by atoms with Crippen molar-refractivity contribution in [2.24, 2.45) is 0 Å². The van der Waals surface area contributed by atoms with Crippen molar-refractivity contribution in [2.75, 3.05) is 13.6 Å². The second-order valence-corrected chi connectivity index (χ2v) is 3.19. The lowest BCUT2D eigenvalue weighted by Gasteiger charge is -2.08. The van der Waals surface area contributed by atoms with E-state index in [4.69, 9.17) is 19.7 Å². The monoisotopic (exact) mass is 220 g/mol. The highest BCUT2D eigenvalue weighted by Gasteiger charge is 2.03. The van der Waals surface area contributed by atoms with E-state index >= 15 is 0 Å². The summed E-state index contributed by atoms with van der Waals surface area (Å²) in [7, 11) is 0. The molecule has 2 aromatic rings. The summed E-state index contributed by atoms with van der Waals surface area (Å²) in [5, 5.41) is 19.2. The molecule has 0 aliphatic heterocycles. The zero-order valence-electron chi connectivity index (χ0n) is 8.59. The molecule has 0 saturated heterocycles. The van der Waals surface area contributed by atoms with Crippen LogP contribution in [0.25, 0.3) is 10.8 Å². The molecule has 2 N–H and O–H groups in total. The average molecular weight is 220 g/mol. The maximum atomic E-state index is 8.76. The molecule has 2 rings (SSSR count). The Bertz CT molecular complexity index is 481. The second-order valence-electron chi connectivity index (χ2n) is 3.19. The van der Waals surface area contributed by atoms with Gasteiger partial charge >= 0.3 is 0 Å². The number of hydrogen-bond acceptors (Lipinski definition) is 4. The molecular weight excluding hydrogens is 208 g/mol. The summed E-state index contributed by atoms with van der Waals surface area (Å²) in [5.74, 6) is 1.15. The van der Waals surface area contributed by atoms with Crippen molar-refractivity contribution in [1.82, 2.24) is 0 Å². The van der Waals surface area contributed by atoms with Gasteiger partial charge in [0.25, 0.3) is 0 Å². The van der Waals surface area contributed by atoms with Gasteiger partial charge < -0.3 is 19.7 Å². The molecule has 0 atom stereocenters. The van der Waals surface area contributed by atoms with Gasteiger partial charge in [0.2, 0.25) is 0 Å². The SMILES string of the molecule is OCOc1ccc2cccc(OCO)c2c1. The molecule has 0 heterocycles. The summed E-state index contributed by atoms with van der Waals surface area (Å²) in [6, 6.07) is 10.9. The van der Waals surface area contributed by atoms with Gasteiger partial charge in [-0.2, -0.15) is 0 Å². The van der Waals surface area contributed by atoms with Crippen LogP contribution >= 0.6 is 0 Å². The summed E-state index contributed by atoms with van der Waals surface area (Å²) >= 11 is 0. The Balaban J connectivity index is 2.50. The van der Waals surface area contributed by atoms with Gasteiger partial charge in [0, 0.05) is 5.39 Å². The van der Waals surface area contributed by atoms with Crippen molar-refractivity contribution in [2.45, 2.75) is 0 Å². The molecule has 0 fully saturated rings. The first kappa shape index (κ1) is 10.7. The van der Waals surface area contributed by atoms with E-state index in [0.29, 0.717) is 11.5 Å². The lowest BCUT2D eigenvalue weighted by Crippen LogP contribution is -1.97. The Morgan fingerprint density at radius 3 is 2.50 bits per heavy atom. The summed E-state index contributed by atoms with van der Waals surface area (Å²) in [5.41, 5.74) is 0. The van der Waals surface area contributed by atoms with Crippen molar-refractivity contribution in [1.29, 1.82) is 0 Å². The van der Waals surface area contributed by atoms with Crippen LogP contribution in [-0.4, -0.2) is 23.8 Å². The fraction of sp³-hybridized carbons (Fsp3) is 0.167. The van der Waals surface area contributed by atoms with Gasteiger partial charge in [-0.1, -0.05) is 18.2 Å². The minimum Gasteiger partial charge on any atom is -0.468 e. The van der Waals surface area contributed by atoms with E-state index in [1.807, 2.05) is 18.2 Å². The maximum Gasteiger partial charge on any atom is 0.186 e. The van der Waals surface area contributed by atoms with Gasteiger partial charge in [-0.3, -0.25) is 0 Å². The largest absolute Gasteiger partial charge is 0.468 e. The van der Waals surface area contributed by atoms with Crippen LogP contribution in [0.3, 0.4) is 0 Å². The van der Waals surface area contributed by atoms with Crippen LogP contribution in [0.5, 0.6) is 11.5 Å². The first-order chi connectivity index (χ1) is 7.85. The minimum atomic E-state index is -0.371. The fourth-order valence-electron chi connectivity index (χ4n) is 1.58. The summed E-state index contributed by atoms with van der Waals surface area (Å²) in [4.78, 5) is 0. The fourth-order valence-corrected chi connectivity index (χ4v) is 1.58. The van der Waals surface area contributed by atoms with Crippen molar-refractivity contribution in [3.8, 4) is 11.5 Å². The summed E-state index contributed by atoms with van der Waals surface area (Å²) in [6.07, 6.45) is 0. The highest BCUT2D eigenvalue weighted by molar-refractivity contribution is 5.89. The molecule has 0 aliphatic carbocycles. The molecule has 0 aromatic heterocycles. The number of aliphatic hydroxyl groups is 2. The third-order valence-corrected chi connectivity index (χ3v) is 2.26. The third kappa shape index (κ3) is 2.08.